The first kappa shape index (κ1) is 11.1. The number of aromatic amines is 1. The van der Waals surface area contributed by atoms with E-state index in [1.165, 1.54) is 0 Å². The third-order valence-corrected chi connectivity index (χ3v) is 3.09. The lowest BCUT2D eigenvalue weighted by molar-refractivity contribution is 0.0995. The molecule has 0 atom stereocenters. The van der Waals surface area contributed by atoms with Crippen LogP contribution in [0.4, 0.5) is 0 Å². The molecule has 0 fully saturated rings. The minimum Gasteiger partial charge on any atom is -0.364 e. The Bertz CT molecular complexity index is 531. The smallest absolute Gasteiger partial charge is 0.267 e. The summed E-state index contributed by atoms with van der Waals surface area (Å²) < 4.78 is 1.16. The van der Waals surface area contributed by atoms with Gasteiger partial charge in [-0.15, -0.1) is 0 Å². The molecular formula is C11H10IN3O. The Labute approximate surface area is 106 Å². The number of hydrogen-bond acceptors (Lipinski definition) is 2. The van der Waals surface area contributed by atoms with E-state index in [2.05, 4.69) is 32.8 Å². The zero-order valence-corrected chi connectivity index (χ0v) is 10.8. The molecule has 0 saturated heterocycles. The molecule has 0 bridgehead atoms. The van der Waals surface area contributed by atoms with E-state index in [0.29, 0.717) is 5.69 Å². The Kier molecular flexibility index (Phi) is 2.95. The fourth-order valence-corrected chi connectivity index (χ4v) is 1.89. The fourth-order valence-electron chi connectivity index (χ4n) is 1.53. The van der Waals surface area contributed by atoms with Gasteiger partial charge in [0, 0.05) is 14.7 Å². The van der Waals surface area contributed by atoms with Gasteiger partial charge in [-0.05, 0) is 41.6 Å². The molecule has 0 spiro atoms. The molecule has 0 aliphatic carbocycles. The number of primary amides is 1. The van der Waals surface area contributed by atoms with Crippen LogP contribution in [0.25, 0.3) is 11.3 Å². The van der Waals surface area contributed by atoms with Crippen molar-refractivity contribution in [3.05, 3.63) is 39.1 Å². The largest absolute Gasteiger partial charge is 0.364 e. The number of halogens is 1. The van der Waals surface area contributed by atoms with Crippen molar-refractivity contribution >= 4 is 28.5 Å². The Hall–Kier alpha value is -1.37. The number of benzene rings is 1. The van der Waals surface area contributed by atoms with Crippen LogP contribution >= 0.6 is 22.6 Å². The predicted molar refractivity (Wildman–Crippen MR) is 70.0 cm³/mol. The van der Waals surface area contributed by atoms with Crippen LogP contribution in [0.3, 0.4) is 0 Å². The van der Waals surface area contributed by atoms with Crippen molar-refractivity contribution in [2.24, 2.45) is 5.73 Å². The number of nitrogens with two attached hydrogens (primary N) is 1. The van der Waals surface area contributed by atoms with Crippen molar-refractivity contribution in [3.63, 3.8) is 0 Å². The molecule has 82 valence electrons. The van der Waals surface area contributed by atoms with Gasteiger partial charge in [0.25, 0.3) is 5.91 Å². The van der Waals surface area contributed by atoms with Gasteiger partial charge >= 0.3 is 0 Å². The number of hydrogen-bond donors (Lipinski definition) is 2. The number of amides is 1. The lowest BCUT2D eigenvalue weighted by Gasteiger charge is -1.99. The number of carbonyl (C=O) groups excluding carboxylic acids is 1. The van der Waals surface area contributed by atoms with Gasteiger partial charge in [-0.3, -0.25) is 9.89 Å². The molecule has 1 aromatic carbocycles. The van der Waals surface area contributed by atoms with Gasteiger partial charge < -0.3 is 5.73 Å². The third-order valence-electron chi connectivity index (χ3n) is 2.37. The van der Waals surface area contributed by atoms with E-state index in [1.54, 1.807) is 0 Å². The monoisotopic (exact) mass is 327 g/mol. The van der Waals surface area contributed by atoms with Crippen molar-refractivity contribution < 1.29 is 4.79 Å². The second kappa shape index (κ2) is 4.25. The van der Waals surface area contributed by atoms with E-state index in [4.69, 9.17) is 5.73 Å². The summed E-state index contributed by atoms with van der Waals surface area (Å²) in [6, 6.07) is 7.92. The van der Waals surface area contributed by atoms with Crippen LogP contribution in [-0.2, 0) is 0 Å². The minimum absolute atomic E-state index is 0.369. The molecular weight excluding hydrogens is 317 g/mol. The molecule has 1 aromatic heterocycles. The highest BCUT2D eigenvalue weighted by Gasteiger charge is 2.13. The van der Waals surface area contributed by atoms with Crippen LogP contribution in [0.5, 0.6) is 0 Å². The van der Waals surface area contributed by atoms with Gasteiger partial charge in [0.15, 0.2) is 0 Å². The van der Waals surface area contributed by atoms with E-state index in [0.717, 1.165) is 20.4 Å². The molecule has 5 heteroatoms. The van der Waals surface area contributed by atoms with E-state index in [1.807, 2.05) is 31.2 Å². The lowest BCUT2D eigenvalue weighted by atomic mass is 10.1. The first-order valence-corrected chi connectivity index (χ1v) is 5.78. The summed E-state index contributed by atoms with van der Waals surface area (Å²) in [5, 5.41) is 6.77. The molecule has 0 aliphatic rings. The maximum absolute atomic E-state index is 11.1. The van der Waals surface area contributed by atoms with Gasteiger partial charge in [-0.1, -0.05) is 12.1 Å². The summed E-state index contributed by atoms with van der Waals surface area (Å²) >= 11 is 2.24. The summed E-state index contributed by atoms with van der Waals surface area (Å²) in [7, 11) is 0. The zero-order chi connectivity index (χ0) is 11.7. The number of aromatic nitrogens is 2. The van der Waals surface area contributed by atoms with Crippen LogP contribution in [0.2, 0.25) is 0 Å². The van der Waals surface area contributed by atoms with Crippen molar-refractivity contribution in [2.75, 3.05) is 0 Å². The van der Waals surface area contributed by atoms with E-state index in [-0.39, 0.29) is 0 Å². The Balaban J connectivity index is 2.49. The van der Waals surface area contributed by atoms with Gasteiger partial charge in [-0.25, -0.2) is 0 Å². The lowest BCUT2D eigenvalue weighted by Crippen LogP contribution is -2.12. The van der Waals surface area contributed by atoms with Crippen molar-refractivity contribution in [3.8, 4) is 11.3 Å². The van der Waals surface area contributed by atoms with Gasteiger partial charge in [0.1, 0.15) is 5.69 Å². The Morgan fingerprint density at radius 1 is 1.38 bits per heavy atom. The molecule has 2 rings (SSSR count). The molecule has 0 unspecified atom stereocenters. The van der Waals surface area contributed by atoms with Gasteiger partial charge in [0.2, 0.25) is 0 Å². The topological polar surface area (TPSA) is 71.8 Å². The van der Waals surface area contributed by atoms with E-state index in [9.17, 15) is 4.79 Å². The number of nitrogens with zero attached hydrogens (tertiary/aromatic N) is 1. The molecule has 0 aliphatic heterocycles. The van der Waals surface area contributed by atoms with Crippen molar-refractivity contribution in [2.45, 2.75) is 6.92 Å². The average molecular weight is 327 g/mol. The van der Waals surface area contributed by atoms with Crippen LogP contribution in [0, 0.1) is 10.5 Å². The Morgan fingerprint density at radius 3 is 2.50 bits per heavy atom. The average Bonchev–Trinajstić information content (AvgIpc) is 2.61. The Morgan fingerprint density at radius 2 is 2.00 bits per heavy atom. The molecule has 3 N–H and O–H groups in total. The number of carbonyl (C=O) groups is 1. The quantitative estimate of drug-likeness (QED) is 0.829. The maximum atomic E-state index is 11.1. The molecule has 16 heavy (non-hydrogen) atoms. The van der Waals surface area contributed by atoms with Crippen molar-refractivity contribution in [1.82, 2.24) is 10.2 Å². The number of rotatable bonds is 2. The standard InChI is InChI=1S/C11H10IN3O/c1-6-9(14-15-10(6)11(13)16)7-2-4-8(12)5-3-7/h2-5H,1H3,(H2,13,16)(H,14,15). The first-order valence-electron chi connectivity index (χ1n) is 4.70. The van der Waals surface area contributed by atoms with E-state index < -0.39 is 5.91 Å². The molecule has 0 saturated carbocycles. The molecule has 1 amide bonds. The maximum Gasteiger partial charge on any atom is 0.267 e. The van der Waals surface area contributed by atoms with Crippen molar-refractivity contribution in [1.29, 1.82) is 0 Å². The van der Waals surface area contributed by atoms with Crippen LogP contribution in [0.15, 0.2) is 24.3 Å². The summed E-state index contributed by atoms with van der Waals surface area (Å²) in [5.41, 5.74) is 8.12. The van der Waals surface area contributed by atoms with Crippen LogP contribution in [-0.4, -0.2) is 16.1 Å². The highest BCUT2D eigenvalue weighted by molar-refractivity contribution is 14.1. The molecule has 2 aromatic rings. The fraction of sp³-hybridized carbons (Fsp3) is 0.0909. The third kappa shape index (κ3) is 1.95. The van der Waals surface area contributed by atoms with Crippen LogP contribution < -0.4 is 5.73 Å². The number of nitrogens with one attached hydrogen (secondary N) is 1. The first-order chi connectivity index (χ1) is 7.59. The molecule has 0 radical (unpaired) electrons. The number of H-pyrrole nitrogens is 1. The predicted octanol–water partition coefficient (Wildman–Crippen LogP) is 2.09. The molecule has 1 heterocycles. The van der Waals surface area contributed by atoms with Gasteiger partial charge in [-0.2, -0.15) is 5.10 Å². The SMILES string of the molecule is Cc1c(-c2ccc(I)cc2)n[nH]c1C(N)=O. The highest BCUT2D eigenvalue weighted by atomic mass is 127. The summed E-state index contributed by atoms with van der Waals surface area (Å²) in [5.74, 6) is -0.484. The minimum atomic E-state index is -0.484. The normalized spacial score (nSPS) is 10.4. The van der Waals surface area contributed by atoms with Gasteiger partial charge in [0.05, 0.1) is 5.69 Å². The summed E-state index contributed by atoms with van der Waals surface area (Å²) in [6.45, 7) is 1.83. The summed E-state index contributed by atoms with van der Waals surface area (Å²) in [6.07, 6.45) is 0. The molecule has 4 nitrogen and oxygen atoms in total. The van der Waals surface area contributed by atoms with Crippen LogP contribution in [0.1, 0.15) is 16.1 Å². The van der Waals surface area contributed by atoms with E-state index >= 15 is 0 Å². The summed E-state index contributed by atoms with van der Waals surface area (Å²) in [4.78, 5) is 11.1. The second-order valence-electron chi connectivity index (χ2n) is 3.44. The zero-order valence-electron chi connectivity index (χ0n) is 8.62. The highest BCUT2D eigenvalue weighted by Crippen LogP contribution is 2.23. The second-order valence-corrected chi connectivity index (χ2v) is 4.69.